The zero-order valence-electron chi connectivity index (χ0n) is 22.8. The van der Waals surface area contributed by atoms with E-state index < -0.39 is 38.9 Å². The molecule has 0 aliphatic carbocycles. The number of para-hydroxylation sites is 1. The number of nitrogens with one attached hydrogen (secondary N) is 2. The van der Waals surface area contributed by atoms with Crippen LogP contribution in [0.25, 0.3) is 16.6 Å². The molecule has 4 aromatic carbocycles. The highest BCUT2D eigenvalue weighted by atomic mass is 32.2. The van der Waals surface area contributed by atoms with Gasteiger partial charge in [0.25, 0.3) is 10.0 Å². The Bertz CT molecular complexity index is 2190. The van der Waals surface area contributed by atoms with Gasteiger partial charge in [-0.25, -0.2) is 26.3 Å². The maximum Gasteiger partial charge on any atom is 0.262 e. The molecule has 4 N–H and O–H groups in total. The van der Waals surface area contributed by atoms with E-state index >= 15 is 0 Å². The van der Waals surface area contributed by atoms with E-state index in [1.54, 1.807) is 37.3 Å². The van der Waals surface area contributed by atoms with Crippen molar-refractivity contribution in [3.63, 3.8) is 0 Å². The molecule has 0 amide bonds. The van der Waals surface area contributed by atoms with Gasteiger partial charge in [0, 0.05) is 10.9 Å². The summed E-state index contributed by atoms with van der Waals surface area (Å²) in [5.74, 6) is -2.21. The number of carbonyl (C=O) groups excluding carboxylic acids is 1. The molecule has 222 valence electrons. The molecule has 0 spiro atoms. The number of halogens is 3. The number of aromatic nitrogens is 3. The Morgan fingerprint density at radius 2 is 1.75 bits per heavy atom. The number of anilines is 2. The zero-order valence-corrected chi connectivity index (χ0v) is 23.6. The molecule has 0 unspecified atom stereocenters. The van der Waals surface area contributed by atoms with E-state index in [2.05, 4.69) is 14.8 Å². The van der Waals surface area contributed by atoms with Gasteiger partial charge < -0.3 is 15.5 Å². The summed E-state index contributed by atoms with van der Waals surface area (Å²) >= 11 is 0. The summed E-state index contributed by atoms with van der Waals surface area (Å²) in [5.41, 5.74) is 7.55. The van der Waals surface area contributed by atoms with Crippen LogP contribution in [0.4, 0.5) is 24.7 Å². The van der Waals surface area contributed by atoms with Gasteiger partial charge in [0.15, 0.2) is 11.6 Å². The minimum atomic E-state index is -4.30. The second kappa shape index (κ2) is 10.9. The van der Waals surface area contributed by atoms with E-state index in [0.29, 0.717) is 22.4 Å². The second-order valence-corrected chi connectivity index (χ2v) is 11.5. The predicted octanol–water partition coefficient (Wildman–Crippen LogP) is 6.49. The molecule has 2 aromatic heterocycles. The Labute approximate surface area is 248 Å². The highest BCUT2D eigenvalue weighted by Crippen LogP contribution is 2.30. The van der Waals surface area contributed by atoms with E-state index in [1.165, 1.54) is 47.3 Å². The first kappa shape index (κ1) is 28.6. The van der Waals surface area contributed by atoms with Crippen LogP contribution in [0.2, 0.25) is 0 Å². The third-order valence-corrected chi connectivity index (χ3v) is 8.18. The molecular formula is C31H22F3N5O4S. The summed E-state index contributed by atoms with van der Waals surface area (Å²) in [4.78, 5) is 15.9. The molecule has 0 atom stereocenters. The Morgan fingerprint density at radius 1 is 0.955 bits per heavy atom. The second-order valence-electron chi connectivity index (χ2n) is 9.83. The van der Waals surface area contributed by atoms with Gasteiger partial charge in [-0.05, 0) is 79.2 Å². The van der Waals surface area contributed by atoms with Crippen molar-refractivity contribution in [2.45, 2.75) is 11.8 Å². The van der Waals surface area contributed by atoms with E-state index in [9.17, 15) is 26.4 Å². The molecule has 9 nitrogen and oxygen atoms in total. The summed E-state index contributed by atoms with van der Waals surface area (Å²) in [7, 11) is -4.30. The van der Waals surface area contributed by atoms with Crippen LogP contribution in [-0.2, 0) is 10.0 Å². The number of sulfonamides is 1. The number of hydrogen-bond acceptors (Lipinski definition) is 6. The van der Waals surface area contributed by atoms with E-state index in [-0.39, 0.29) is 33.2 Å². The van der Waals surface area contributed by atoms with E-state index in [1.807, 2.05) is 0 Å². The smallest absolute Gasteiger partial charge is 0.262 e. The van der Waals surface area contributed by atoms with Gasteiger partial charge in [-0.15, -0.1) is 0 Å². The minimum absolute atomic E-state index is 0.0363. The number of benzene rings is 4. The SMILES string of the molecule is Cc1cc(Oc2ccccc2F)ccc1-n1ncc(C(=O)c2cc3cc(F)c(NS(=O)(=O)c4cccc(F)c4)cc3[nH]2)c1N. The molecule has 0 aliphatic rings. The molecule has 0 saturated carbocycles. The van der Waals surface area contributed by atoms with E-state index in [0.717, 1.165) is 18.2 Å². The lowest BCUT2D eigenvalue weighted by molar-refractivity contribution is 0.103. The first-order chi connectivity index (χ1) is 21.0. The minimum Gasteiger partial charge on any atom is -0.454 e. The maximum absolute atomic E-state index is 14.9. The average Bonchev–Trinajstić information content (AvgIpc) is 3.57. The molecule has 0 radical (unpaired) electrons. The van der Waals surface area contributed by atoms with Crippen molar-refractivity contribution in [1.29, 1.82) is 0 Å². The van der Waals surface area contributed by atoms with Gasteiger partial charge in [-0.3, -0.25) is 9.52 Å². The first-order valence-electron chi connectivity index (χ1n) is 13.0. The highest BCUT2D eigenvalue weighted by molar-refractivity contribution is 7.92. The number of hydrogen-bond donors (Lipinski definition) is 3. The molecule has 0 fully saturated rings. The largest absolute Gasteiger partial charge is 0.454 e. The van der Waals surface area contributed by atoms with Crippen LogP contribution in [0.15, 0.2) is 96.0 Å². The molecule has 0 saturated heterocycles. The monoisotopic (exact) mass is 617 g/mol. The van der Waals surface area contributed by atoms with Gasteiger partial charge >= 0.3 is 0 Å². The number of nitrogens with two attached hydrogens (primary N) is 1. The molecule has 2 heterocycles. The number of aryl methyl sites for hydroxylation is 1. The molecule has 0 aliphatic heterocycles. The van der Waals surface area contributed by atoms with Crippen LogP contribution in [0.1, 0.15) is 21.6 Å². The predicted molar refractivity (Wildman–Crippen MR) is 158 cm³/mol. The molecule has 6 aromatic rings. The number of fused-ring (bicyclic) bond motifs is 1. The Morgan fingerprint density at radius 3 is 2.50 bits per heavy atom. The number of rotatable bonds is 8. The summed E-state index contributed by atoms with van der Waals surface area (Å²) in [6.45, 7) is 1.78. The molecule has 44 heavy (non-hydrogen) atoms. The van der Waals surface area contributed by atoms with Crippen LogP contribution >= 0.6 is 0 Å². The fraction of sp³-hybridized carbons (Fsp3) is 0.0323. The summed E-state index contributed by atoms with van der Waals surface area (Å²) in [6, 6.07) is 18.9. The van der Waals surface area contributed by atoms with Crippen molar-refractivity contribution < 1.29 is 31.1 Å². The lowest BCUT2D eigenvalue weighted by Gasteiger charge is -2.12. The topological polar surface area (TPSA) is 132 Å². The van der Waals surface area contributed by atoms with Crippen molar-refractivity contribution in [2.24, 2.45) is 0 Å². The van der Waals surface area contributed by atoms with Crippen LogP contribution in [0, 0.1) is 24.4 Å². The van der Waals surface area contributed by atoms with Crippen molar-refractivity contribution in [3.05, 3.63) is 125 Å². The fourth-order valence-corrected chi connectivity index (χ4v) is 5.73. The molecule has 13 heteroatoms. The highest BCUT2D eigenvalue weighted by Gasteiger charge is 2.22. The number of ketones is 1. The Hall–Kier alpha value is -5.56. The number of H-pyrrole nitrogens is 1. The zero-order chi connectivity index (χ0) is 31.2. The van der Waals surface area contributed by atoms with Crippen LogP contribution < -0.4 is 15.2 Å². The summed E-state index contributed by atoms with van der Waals surface area (Å²) in [6.07, 6.45) is 1.30. The van der Waals surface area contributed by atoms with Gasteiger partial charge in [-0.2, -0.15) is 5.10 Å². The normalized spacial score (nSPS) is 11.5. The molecule has 0 bridgehead atoms. The molecular weight excluding hydrogens is 595 g/mol. The number of carbonyl (C=O) groups is 1. The van der Waals surface area contributed by atoms with Gasteiger partial charge in [-0.1, -0.05) is 18.2 Å². The Balaban J connectivity index is 1.26. The van der Waals surface area contributed by atoms with Gasteiger partial charge in [0.05, 0.1) is 33.7 Å². The average molecular weight is 618 g/mol. The van der Waals surface area contributed by atoms with Crippen LogP contribution in [-0.4, -0.2) is 29.0 Å². The summed E-state index contributed by atoms with van der Waals surface area (Å²) in [5, 5.41) is 4.57. The lowest BCUT2D eigenvalue weighted by Crippen LogP contribution is -2.14. The van der Waals surface area contributed by atoms with Gasteiger partial charge in [0.1, 0.15) is 23.2 Å². The number of ether oxygens (including phenoxy) is 1. The Kier molecular flexibility index (Phi) is 7.09. The molecule has 6 rings (SSSR count). The number of aromatic amines is 1. The van der Waals surface area contributed by atoms with Crippen molar-refractivity contribution in [3.8, 4) is 17.2 Å². The summed E-state index contributed by atoms with van der Waals surface area (Å²) < 4.78 is 76.9. The van der Waals surface area contributed by atoms with Crippen LogP contribution in [0.3, 0.4) is 0 Å². The third kappa shape index (κ3) is 5.36. The van der Waals surface area contributed by atoms with Crippen molar-refractivity contribution >= 4 is 38.2 Å². The maximum atomic E-state index is 14.9. The number of nitrogen functional groups attached to an aromatic ring is 1. The fourth-order valence-electron chi connectivity index (χ4n) is 4.64. The van der Waals surface area contributed by atoms with Crippen molar-refractivity contribution in [1.82, 2.24) is 14.8 Å². The first-order valence-corrected chi connectivity index (χ1v) is 14.5. The van der Waals surface area contributed by atoms with Crippen molar-refractivity contribution in [2.75, 3.05) is 10.5 Å². The van der Waals surface area contributed by atoms with Gasteiger partial charge in [0.2, 0.25) is 5.78 Å². The van der Waals surface area contributed by atoms with Crippen LogP contribution in [0.5, 0.6) is 11.5 Å². The third-order valence-electron chi connectivity index (χ3n) is 6.82. The van der Waals surface area contributed by atoms with E-state index in [4.69, 9.17) is 10.5 Å². The number of nitrogens with zero attached hydrogens (tertiary/aromatic N) is 2. The lowest BCUT2D eigenvalue weighted by atomic mass is 10.1. The quantitative estimate of drug-likeness (QED) is 0.167. The standard InChI is InChI=1S/C31H22F3N5O4S/c1-17-11-20(43-29-8-3-2-7-23(29)33)9-10-28(17)39-31(35)22(16-36-39)30(40)27-13-18-12-24(34)26(15-25(18)37-27)38-44(41,42)21-6-4-5-19(32)14-21/h2-16,37-38H,35H2,1H3.